The van der Waals surface area contributed by atoms with E-state index in [1.807, 2.05) is 11.9 Å². The van der Waals surface area contributed by atoms with Crippen LogP contribution >= 0.6 is 0 Å². The van der Waals surface area contributed by atoms with Crippen LogP contribution in [0.1, 0.15) is 30.4 Å². The standard InChI is InChI=1S/C10H17N5O/c1-10(11-2)3-5-15(6-4-10)9(16)8-12-7-13-14-8/h7,11H,3-6H2,1-2H3,(H,12,13,14). The molecule has 1 aromatic heterocycles. The van der Waals surface area contributed by atoms with Crippen molar-refractivity contribution in [2.45, 2.75) is 25.3 Å². The largest absolute Gasteiger partial charge is 0.336 e. The van der Waals surface area contributed by atoms with Gasteiger partial charge in [0, 0.05) is 18.6 Å². The number of carbonyl (C=O) groups excluding carboxylic acids is 1. The summed E-state index contributed by atoms with van der Waals surface area (Å²) in [6.07, 6.45) is 3.28. The lowest BCUT2D eigenvalue weighted by molar-refractivity contribution is 0.0650. The number of likely N-dealkylation sites (tertiary alicyclic amines) is 1. The number of hydrogen-bond acceptors (Lipinski definition) is 4. The zero-order valence-electron chi connectivity index (χ0n) is 9.66. The Bertz CT molecular complexity index is 353. The molecule has 1 fully saturated rings. The van der Waals surface area contributed by atoms with Crippen molar-refractivity contribution >= 4 is 5.91 Å². The van der Waals surface area contributed by atoms with Crippen molar-refractivity contribution < 1.29 is 4.79 Å². The lowest BCUT2D eigenvalue weighted by Gasteiger charge is -2.38. The van der Waals surface area contributed by atoms with E-state index in [1.54, 1.807) is 0 Å². The third-order valence-corrected chi connectivity index (χ3v) is 3.38. The number of hydrogen-bond donors (Lipinski definition) is 2. The summed E-state index contributed by atoms with van der Waals surface area (Å²) in [5.74, 6) is 0.267. The second kappa shape index (κ2) is 4.21. The first-order valence-corrected chi connectivity index (χ1v) is 5.48. The van der Waals surface area contributed by atoms with Crippen LogP contribution in [0.2, 0.25) is 0 Å². The Morgan fingerprint density at radius 1 is 1.56 bits per heavy atom. The van der Waals surface area contributed by atoms with Gasteiger partial charge in [-0.05, 0) is 26.8 Å². The zero-order valence-corrected chi connectivity index (χ0v) is 9.66. The highest BCUT2D eigenvalue weighted by atomic mass is 16.2. The average molecular weight is 223 g/mol. The molecule has 88 valence electrons. The monoisotopic (exact) mass is 223 g/mol. The van der Waals surface area contributed by atoms with Crippen molar-refractivity contribution in [2.75, 3.05) is 20.1 Å². The second-order valence-electron chi connectivity index (χ2n) is 4.44. The molecule has 2 heterocycles. The third kappa shape index (κ3) is 2.06. The number of aromatic nitrogens is 3. The molecule has 0 aromatic carbocycles. The minimum absolute atomic E-state index is 0.0596. The van der Waals surface area contributed by atoms with Gasteiger partial charge in [0.1, 0.15) is 6.33 Å². The first-order chi connectivity index (χ1) is 7.64. The molecule has 6 heteroatoms. The van der Waals surface area contributed by atoms with Crippen molar-refractivity contribution in [3.05, 3.63) is 12.2 Å². The zero-order chi connectivity index (χ0) is 11.6. The summed E-state index contributed by atoms with van der Waals surface area (Å²) in [5, 5.41) is 9.59. The van der Waals surface area contributed by atoms with Gasteiger partial charge in [-0.3, -0.25) is 9.89 Å². The lowest BCUT2D eigenvalue weighted by atomic mass is 9.90. The highest BCUT2D eigenvalue weighted by molar-refractivity contribution is 5.90. The number of nitrogens with one attached hydrogen (secondary N) is 2. The normalized spacial score (nSPS) is 19.8. The smallest absolute Gasteiger partial charge is 0.291 e. The molecular formula is C10H17N5O. The van der Waals surface area contributed by atoms with Crippen LogP contribution in [0.4, 0.5) is 0 Å². The molecule has 0 bridgehead atoms. The Labute approximate surface area is 94.4 Å². The molecule has 0 atom stereocenters. The van der Waals surface area contributed by atoms with Crippen LogP contribution in [0, 0.1) is 0 Å². The molecule has 0 radical (unpaired) electrons. The number of H-pyrrole nitrogens is 1. The lowest BCUT2D eigenvalue weighted by Crippen LogP contribution is -2.51. The van der Waals surface area contributed by atoms with Crippen LogP contribution in [0.3, 0.4) is 0 Å². The molecule has 1 aliphatic rings. The van der Waals surface area contributed by atoms with Gasteiger partial charge in [0.15, 0.2) is 0 Å². The summed E-state index contributed by atoms with van der Waals surface area (Å²) in [4.78, 5) is 17.6. The number of piperidine rings is 1. The maximum atomic E-state index is 11.9. The summed E-state index contributed by atoms with van der Waals surface area (Å²) in [7, 11) is 1.97. The predicted octanol–water partition coefficient (Wildman–Crippen LogP) is 0.0188. The summed E-state index contributed by atoms with van der Waals surface area (Å²) < 4.78 is 0. The van der Waals surface area contributed by atoms with Gasteiger partial charge in [0.2, 0.25) is 5.82 Å². The van der Waals surface area contributed by atoms with E-state index in [9.17, 15) is 4.79 Å². The maximum Gasteiger partial charge on any atom is 0.291 e. The van der Waals surface area contributed by atoms with Gasteiger partial charge >= 0.3 is 0 Å². The molecule has 0 spiro atoms. The van der Waals surface area contributed by atoms with E-state index in [0.717, 1.165) is 25.9 Å². The van der Waals surface area contributed by atoms with Crippen LogP contribution in [0.15, 0.2) is 6.33 Å². The SMILES string of the molecule is CNC1(C)CCN(C(=O)c2ncn[nH]2)CC1. The first-order valence-electron chi connectivity index (χ1n) is 5.48. The molecule has 0 aliphatic carbocycles. The fraction of sp³-hybridized carbons (Fsp3) is 0.700. The third-order valence-electron chi connectivity index (χ3n) is 3.38. The van der Waals surface area contributed by atoms with Crippen molar-refractivity contribution in [3.63, 3.8) is 0 Å². The minimum Gasteiger partial charge on any atom is -0.336 e. The summed E-state index contributed by atoms with van der Waals surface area (Å²) >= 11 is 0. The number of aromatic amines is 1. The molecule has 0 unspecified atom stereocenters. The van der Waals surface area contributed by atoms with Crippen molar-refractivity contribution in [1.29, 1.82) is 0 Å². The van der Waals surface area contributed by atoms with E-state index in [-0.39, 0.29) is 11.4 Å². The van der Waals surface area contributed by atoms with Gasteiger partial charge in [-0.1, -0.05) is 0 Å². The summed E-state index contributed by atoms with van der Waals surface area (Å²) in [5.41, 5.74) is 0.151. The fourth-order valence-corrected chi connectivity index (χ4v) is 1.91. The average Bonchev–Trinajstić information content (AvgIpc) is 2.83. The molecule has 1 aliphatic heterocycles. The van der Waals surface area contributed by atoms with Crippen LogP contribution in [0.25, 0.3) is 0 Å². The van der Waals surface area contributed by atoms with Crippen LogP contribution in [-0.4, -0.2) is 51.7 Å². The van der Waals surface area contributed by atoms with Gasteiger partial charge in [-0.2, -0.15) is 5.10 Å². The highest BCUT2D eigenvalue weighted by Crippen LogP contribution is 2.21. The number of amides is 1. The molecule has 2 N–H and O–H groups in total. The van der Waals surface area contributed by atoms with Gasteiger partial charge in [-0.25, -0.2) is 4.98 Å². The van der Waals surface area contributed by atoms with E-state index < -0.39 is 0 Å². The van der Waals surface area contributed by atoms with Crippen molar-refractivity contribution in [3.8, 4) is 0 Å². The molecule has 1 amide bonds. The molecule has 2 rings (SSSR count). The number of carbonyl (C=O) groups is 1. The Morgan fingerprint density at radius 2 is 2.25 bits per heavy atom. The summed E-state index contributed by atoms with van der Waals surface area (Å²) in [6, 6.07) is 0. The Kier molecular flexibility index (Phi) is 2.91. The number of rotatable bonds is 2. The Hall–Kier alpha value is -1.43. The fourth-order valence-electron chi connectivity index (χ4n) is 1.91. The van der Waals surface area contributed by atoms with E-state index in [1.165, 1.54) is 6.33 Å². The van der Waals surface area contributed by atoms with E-state index in [0.29, 0.717) is 5.82 Å². The van der Waals surface area contributed by atoms with Crippen molar-refractivity contribution in [2.24, 2.45) is 0 Å². The van der Waals surface area contributed by atoms with Crippen molar-refractivity contribution in [1.82, 2.24) is 25.4 Å². The molecular weight excluding hydrogens is 206 g/mol. The van der Waals surface area contributed by atoms with E-state index >= 15 is 0 Å². The maximum absolute atomic E-state index is 11.9. The van der Waals surface area contributed by atoms with Crippen LogP contribution in [0.5, 0.6) is 0 Å². The molecule has 0 saturated carbocycles. The Balaban J connectivity index is 1.97. The van der Waals surface area contributed by atoms with Gasteiger partial charge < -0.3 is 10.2 Å². The molecule has 6 nitrogen and oxygen atoms in total. The first kappa shape index (κ1) is 11.1. The Morgan fingerprint density at radius 3 is 2.75 bits per heavy atom. The van der Waals surface area contributed by atoms with Crippen LogP contribution in [-0.2, 0) is 0 Å². The number of nitrogens with zero attached hydrogens (tertiary/aromatic N) is 3. The van der Waals surface area contributed by atoms with Crippen LogP contribution < -0.4 is 5.32 Å². The van der Waals surface area contributed by atoms with E-state index in [4.69, 9.17) is 0 Å². The van der Waals surface area contributed by atoms with Gasteiger partial charge in [0.05, 0.1) is 0 Å². The molecule has 1 saturated heterocycles. The highest BCUT2D eigenvalue weighted by Gasteiger charge is 2.31. The molecule has 16 heavy (non-hydrogen) atoms. The minimum atomic E-state index is -0.0596. The summed E-state index contributed by atoms with van der Waals surface area (Å²) in [6.45, 7) is 3.71. The predicted molar refractivity (Wildman–Crippen MR) is 59.0 cm³/mol. The topological polar surface area (TPSA) is 73.9 Å². The quantitative estimate of drug-likeness (QED) is 0.741. The molecule has 1 aromatic rings. The van der Waals surface area contributed by atoms with Gasteiger partial charge in [-0.15, -0.1) is 0 Å². The van der Waals surface area contributed by atoms with Gasteiger partial charge in [0.25, 0.3) is 5.91 Å². The second-order valence-corrected chi connectivity index (χ2v) is 4.44. The van der Waals surface area contributed by atoms with E-state index in [2.05, 4.69) is 27.4 Å².